The molecule has 0 saturated carbocycles. The number of hydrogen-bond acceptors (Lipinski definition) is 3. The van der Waals surface area contributed by atoms with Crippen LogP contribution in [0.4, 0.5) is 10.1 Å². The molecule has 0 aliphatic carbocycles. The van der Waals surface area contributed by atoms with Crippen LogP contribution in [0, 0.1) is 5.82 Å². The first-order chi connectivity index (χ1) is 9.54. The van der Waals surface area contributed by atoms with Gasteiger partial charge in [0.25, 0.3) is 0 Å². The smallest absolute Gasteiger partial charge is 0.141 e. The lowest BCUT2D eigenvalue weighted by Gasteiger charge is -2.16. The molecule has 2 aromatic rings. The minimum absolute atomic E-state index is 0.0119. The SMILES string of the molecule is CC(Nc1ccc(CN(C)C)cc1)c1cncc(F)c1. The van der Waals surface area contributed by atoms with Crippen LogP contribution in [0.2, 0.25) is 0 Å². The van der Waals surface area contributed by atoms with Gasteiger partial charge in [0, 0.05) is 18.4 Å². The Morgan fingerprint density at radius 2 is 1.90 bits per heavy atom. The predicted molar refractivity (Wildman–Crippen MR) is 80.1 cm³/mol. The maximum absolute atomic E-state index is 13.1. The lowest BCUT2D eigenvalue weighted by molar-refractivity contribution is 0.402. The molecule has 1 atom stereocenters. The van der Waals surface area contributed by atoms with Gasteiger partial charge in [-0.2, -0.15) is 0 Å². The van der Waals surface area contributed by atoms with E-state index in [9.17, 15) is 4.39 Å². The fraction of sp³-hybridized carbons (Fsp3) is 0.312. The highest BCUT2D eigenvalue weighted by Gasteiger charge is 2.07. The molecular formula is C16H20FN3. The molecule has 2 rings (SSSR count). The number of rotatable bonds is 5. The van der Waals surface area contributed by atoms with Gasteiger partial charge in [-0.25, -0.2) is 4.39 Å². The van der Waals surface area contributed by atoms with E-state index in [0.29, 0.717) is 0 Å². The molecular weight excluding hydrogens is 253 g/mol. The Balaban J connectivity index is 2.02. The Morgan fingerprint density at radius 1 is 1.20 bits per heavy atom. The van der Waals surface area contributed by atoms with Gasteiger partial charge in [-0.15, -0.1) is 0 Å². The maximum atomic E-state index is 13.1. The van der Waals surface area contributed by atoms with Crippen molar-refractivity contribution in [3.8, 4) is 0 Å². The molecule has 0 amide bonds. The fourth-order valence-electron chi connectivity index (χ4n) is 2.07. The molecule has 1 unspecified atom stereocenters. The Morgan fingerprint density at radius 3 is 2.50 bits per heavy atom. The molecule has 0 aliphatic rings. The third-order valence-electron chi connectivity index (χ3n) is 3.06. The largest absolute Gasteiger partial charge is 0.378 e. The standard InChI is InChI=1S/C16H20FN3/c1-12(14-8-15(17)10-18-9-14)19-16-6-4-13(5-7-16)11-20(2)3/h4-10,12,19H,11H2,1-3H3. The Labute approximate surface area is 119 Å². The average molecular weight is 273 g/mol. The minimum atomic E-state index is -0.308. The van der Waals surface area contributed by atoms with Crippen LogP contribution in [0.5, 0.6) is 0 Å². The Hall–Kier alpha value is -1.94. The number of aromatic nitrogens is 1. The van der Waals surface area contributed by atoms with Gasteiger partial charge in [-0.3, -0.25) is 4.98 Å². The molecule has 0 aliphatic heterocycles. The summed E-state index contributed by atoms with van der Waals surface area (Å²) in [7, 11) is 4.09. The maximum Gasteiger partial charge on any atom is 0.141 e. The van der Waals surface area contributed by atoms with Crippen molar-refractivity contribution in [2.75, 3.05) is 19.4 Å². The molecule has 0 fully saturated rings. The van der Waals surface area contributed by atoms with Crippen molar-refractivity contribution in [1.29, 1.82) is 0 Å². The summed E-state index contributed by atoms with van der Waals surface area (Å²) >= 11 is 0. The molecule has 1 aromatic heterocycles. The molecule has 0 bridgehead atoms. The minimum Gasteiger partial charge on any atom is -0.378 e. The van der Waals surface area contributed by atoms with E-state index in [1.807, 2.05) is 33.2 Å². The van der Waals surface area contributed by atoms with E-state index in [-0.39, 0.29) is 11.9 Å². The highest BCUT2D eigenvalue weighted by molar-refractivity contribution is 5.46. The first-order valence-electron chi connectivity index (χ1n) is 6.65. The summed E-state index contributed by atoms with van der Waals surface area (Å²) in [6.07, 6.45) is 2.90. The van der Waals surface area contributed by atoms with Gasteiger partial charge in [0.15, 0.2) is 0 Å². The summed E-state index contributed by atoms with van der Waals surface area (Å²) in [4.78, 5) is 6.00. The normalized spacial score (nSPS) is 12.4. The molecule has 4 heteroatoms. The van der Waals surface area contributed by atoms with Crippen molar-refractivity contribution in [2.24, 2.45) is 0 Å². The molecule has 0 spiro atoms. The molecule has 1 aromatic carbocycles. The zero-order chi connectivity index (χ0) is 14.5. The lowest BCUT2D eigenvalue weighted by Crippen LogP contribution is -2.11. The molecule has 106 valence electrons. The van der Waals surface area contributed by atoms with Gasteiger partial charge in [-0.05, 0) is 50.3 Å². The molecule has 1 N–H and O–H groups in total. The molecule has 0 saturated heterocycles. The second kappa shape index (κ2) is 6.48. The summed E-state index contributed by atoms with van der Waals surface area (Å²) in [5.41, 5.74) is 3.12. The van der Waals surface area contributed by atoms with E-state index in [1.165, 1.54) is 17.8 Å². The topological polar surface area (TPSA) is 28.2 Å². The van der Waals surface area contributed by atoms with Crippen molar-refractivity contribution < 1.29 is 4.39 Å². The first kappa shape index (κ1) is 14.5. The third kappa shape index (κ3) is 4.03. The number of nitrogens with one attached hydrogen (secondary N) is 1. The van der Waals surface area contributed by atoms with Crippen LogP contribution in [0.3, 0.4) is 0 Å². The van der Waals surface area contributed by atoms with Crippen LogP contribution in [0.15, 0.2) is 42.7 Å². The second-order valence-electron chi connectivity index (χ2n) is 5.24. The first-order valence-corrected chi connectivity index (χ1v) is 6.65. The highest BCUT2D eigenvalue weighted by atomic mass is 19.1. The summed E-state index contributed by atoms with van der Waals surface area (Å²) in [5, 5.41) is 3.35. The number of benzene rings is 1. The quantitative estimate of drug-likeness (QED) is 0.904. The summed E-state index contributed by atoms with van der Waals surface area (Å²) < 4.78 is 13.1. The van der Waals surface area contributed by atoms with Gasteiger partial charge in [0.2, 0.25) is 0 Å². The van der Waals surface area contributed by atoms with Crippen LogP contribution < -0.4 is 5.32 Å². The van der Waals surface area contributed by atoms with Crippen molar-refractivity contribution in [1.82, 2.24) is 9.88 Å². The van der Waals surface area contributed by atoms with Crippen LogP contribution in [-0.2, 0) is 6.54 Å². The van der Waals surface area contributed by atoms with Crippen LogP contribution in [-0.4, -0.2) is 24.0 Å². The van der Waals surface area contributed by atoms with E-state index < -0.39 is 0 Å². The third-order valence-corrected chi connectivity index (χ3v) is 3.06. The molecule has 3 nitrogen and oxygen atoms in total. The zero-order valence-corrected chi connectivity index (χ0v) is 12.1. The van der Waals surface area contributed by atoms with Gasteiger partial charge >= 0.3 is 0 Å². The van der Waals surface area contributed by atoms with E-state index >= 15 is 0 Å². The Kier molecular flexibility index (Phi) is 4.69. The summed E-state index contributed by atoms with van der Waals surface area (Å²) in [6.45, 7) is 2.91. The van der Waals surface area contributed by atoms with E-state index in [0.717, 1.165) is 17.8 Å². The summed E-state index contributed by atoms with van der Waals surface area (Å²) in [5.74, 6) is -0.308. The van der Waals surface area contributed by atoms with Gasteiger partial charge in [0.05, 0.1) is 12.2 Å². The van der Waals surface area contributed by atoms with E-state index in [4.69, 9.17) is 0 Å². The van der Waals surface area contributed by atoms with Gasteiger partial charge in [-0.1, -0.05) is 12.1 Å². The predicted octanol–water partition coefficient (Wildman–Crippen LogP) is 3.46. The Bertz CT molecular complexity index is 552. The van der Waals surface area contributed by atoms with Gasteiger partial charge < -0.3 is 10.2 Å². The average Bonchev–Trinajstić information content (AvgIpc) is 2.40. The van der Waals surface area contributed by atoms with Crippen molar-refractivity contribution in [3.63, 3.8) is 0 Å². The van der Waals surface area contributed by atoms with Crippen molar-refractivity contribution >= 4 is 5.69 Å². The monoisotopic (exact) mass is 273 g/mol. The van der Waals surface area contributed by atoms with Crippen LogP contribution in [0.25, 0.3) is 0 Å². The molecule has 1 heterocycles. The van der Waals surface area contributed by atoms with Gasteiger partial charge in [0.1, 0.15) is 5.82 Å². The number of pyridine rings is 1. The number of nitrogens with zero attached hydrogens (tertiary/aromatic N) is 2. The lowest BCUT2D eigenvalue weighted by atomic mass is 10.1. The molecule has 20 heavy (non-hydrogen) atoms. The van der Waals surface area contributed by atoms with Crippen LogP contribution >= 0.6 is 0 Å². The van der Waals surface area contributed by atoms with E-state index in [1.54, 1.807) is 6.20 Å². The number of halogens is 1. The van der Waals surface area contributed by atoms with Crippen LogP contribution in [0.1, 0.15) is 24.1 Å². The van der Waals surface area contributed by atoms with Crippen molar-refractivity contribution in [2.45, 2.75) is 19.5 Å². The fourth-order valence-corrected chi connectivity index (χ4v) is 2.07. The van der Waals surface area contributed by atoms with Crippen molar-refractivity contribution in [3.05, 3.63) is 59.7 Å². The number of anilines is 1. The van der Waals surface area contributed by atoms with E-state index in [2.05, 4.69) is 27.3 Å². The zero-order valence-electron chi connectivity index (χ0n) is 12.1. The highest BCUT2D eigenvalue weighted by Crippen LogP contribution is 2.19. The molecule has 0 radical (unpaired) electrons. The number of hydrogen-bond donors (Lipinski definition) is 1. The second-order valence-corrected chi connectivity index (χ2v) is 5.24. The summed E-state index contributed by atoms with van der Waals surface area (Å²) in [6, 6.07) is 9.80.